The molecule has 0 saturated carbocycles. The number of amides is 2. The third-order valence-electron chi connectivity index (χ3n) is 7.05. The van der Waals surface area contributed by atoms with Crippen LogP contribution in [-0.4, -0.2) is 71.6 Å². The average Bonchev–Trinajstić information content (AvgIpc) is 3.48. The zero-order valence-electron chi connectivity index (χ0n) is 22.2. The van der Waals surface area contributed by atoms with Gasteiger partial charge in [0.1, 0.15) is 23.8 Å². The fourth-order valence-corrected chi connectivity index (χ4v) is 4.69. The number of likely N-dealkylation sites (tertiary alicyclic amines) is 2. The third-order valence-corrected chi connectivity index (χ3v) is 7.05. The van der Waals surface area contributed by atoms with Gasteiger partial charge >= 0.3 is 0 Å². The van der Waals surface area contributed by atoms with Crippen molar-refractivity contribution in [3.05, 3.63) is 71.6 Å². The van der Waals surface area contributed by atoms with Crippen LogP contribution in [0.15, 0.2) is 69.8 Å². The van der Waals surface area contributed by atoms with Gasteiger partial charge in [0.05, 0.1) is 17.3 Å². The Balaban J connectivity index is 1.22. The molecule has 2 aromatic rings. The molecule has 2 saturated heterocycles. The molecule has 0 radical (unpaired) electrons. The van der Waals surface area contributed by atoms with Crippen molar-refractivity contribution in [1.29, 1.82) is 5.26 Å². The standard InChI is InChI=1S/C29H34N6O4/c1-21(28(36)33-23-9-13-34(14-10-23)18-24-19-38-20-32-24)3-8-27(31-2)29(37)35-15-11-26(12-16-35)39-25-6-4-22(17-30)5-7-25/h3-8,19-20,23,26H,2,9-16,18H2,1H3,(H,33,36)/b21-3+,27-8-. The van der Waals surface area contributed by atoms with Gasteiger partial charge in [-0.3, -0.25) is 19.5 Å². The van der Waals surface area contributed by atoms with E-state index in [4.69, 9.17) is 14.4 Å². The Morgan fingerprint density at radius 1 is 1.18 bits per heavy atom. The smallest absolute Gasteiger partial charge is 0.272 e. The van der Waals surface area contributed by atoms with Crippen molar-refractivity contribution in [2.45, 2.75) is 51.3 Å². The number of carbonyl (C=O) groups is 2. The Labute approximate surface area is 228 Å². The number of hydrogen-bond donors (Lipinski definition) is 1. The zero-order chi connectivity index (χ0) is 27.6. The van der Waals surface area contributed by atoms with Crippen LogP contribution in [0.5, 0.6) is 5.75 Å². The van der Waals surface area contributed by atoms with Crippen molar-refractivity contribution >= 4 is 18.5 Å². The molecule has 1 N–H and O–H groups in total. The van der Waals surface area contributed by atoms with Gasteiger partial charge in [0.25, 0.3) is 5.91 Å². The number of nitrogens with one attached hydrogen (secondary N) is 1. The number of aliphatic imine (C=N–C) groups is 1. The third kappa shape index (κ3) is 7.88. The first-order valence-electron chi connectivity index (χ1n) is 13.2. The number of carbonyl (C=O) groups excluding carboxylic acids is 2. The molecule has 39 heavy (non-hydrogen) atoms. The fraction of sp³-hybridized carbons (Fsp3) is 0.414. The van der Waals surface area contributed by atoms with E-state index in [-0.39, 0.29) is 29.7 Å². The van der Waals surface area contributed by atoms with Crippen molar-refractivity contribution in [1.82, 2.24) is 20.1 Å². The molecular weight excluding hydrogens is 496 g/mol. The van der Waals surface area contributed by atoms with E-state index in [0.717, 1.165) is 38.2 Å². The average molecular weight is 531 g/mol. The molecule has 0 bridgehead atoms. The highest BCUT2D eigenvalue weighted by Crippen LogP contribution is 2.21. The maximum Gasteiger partial charge on any atom is 0.272 e. The summed E-state index contributed by atoms with van der Waals surface area (Å²) in [7, 11) is 0. The predicted octanol–water partition coefficient (Wildman–Crippen LogP) is 3.23. The van der Waals surface area contributed by atoms with Gasteiger partial charge in [0.2, 0.25) is 5.91 Å². The predicted molar refractivity (Wildman–Crippen MR) is 146 cm³/mol. The van der Waals surface area contributed by atoms with E-state index < -0.39 is 0 Å². The van der Waals surface area contributed by atoms with Crippen molar-refractivity contribution < 1.29 is 18.7 Å². The van der Waals surface area contributed by atoms with Crippen molar-refractivity contribution in [3.8, 4) is 11.8 Å². The van der Waals surface area contributed by atoms with Gasteiger partial charge in [-0.25, -0.2) is 4.98 Å². The summed E-state index contributed by atoms with van der Waals surface area (Å²) in [6.07, 6.45) is 9.35. The lowest BCUT2D eigenvalue weighted by Gasteiger charge is -2.32. The van der Waals surface area contributed by atoms with Crippen molar-refractivity contribution in [2.24, 2.45) is 4.99 Å². The Morgan fingerprint density at radius 2 is 1.90 bits per heavy atom. The van der Waals surface area contributed by atoms with E-state index in [1.54, 1.807) is 54.5 Å². The first kappa shape index (κ1) is 27.8. The first-order valence-corrected chi connectivity index (χ1v) is 13.2. The zero-order valence-corrected chi connectivity index (χ0v) is 22.2. The summed E-state index contributed by atoms with van der Waals surface area (Å²) in [6, 6.07) is 9.21. The van der Waals surface area contributed by atoms with E-state index in [1.165, 1.54) is 6.39 Å². The van der Waals surface area contributed by atoms with Gasteiger partial charge in [-0.05, 0) is 56.8 Å². The topological polar surface area (TPSA) is 124 Å². The number of piperidine rings is 2. The second-order valence-corrected chi connectivity index (χ2v) is 9.81. The van der Waals surface area contributed by atoms with Crippen LogP contribution < -0.4 is 10.1 Å². The second kappa shape index (κ2) is 13.5. The van der Waals surface area contributed by atoms with Crippen LogP contribution in [0.2, 0.25) is 0 Å². The molecule has 2 aliphatic rings. The number of rotatable bonds is 9. The number of oxazole rings is 1. The number of nitriles is 1. The number of nitrogens with zero attached hydrogens (tertiary/aromatic N) is 5. The van der Waals surface area contributed by atoms with Gasteiger partial charge in [0.15, 0.2) is 6.39 Å². The lowest BCUT2D eigenvalue weighted by molar-refractivity contribution is -0.129. The first-order chi connectivity index (χ1) is 18.9. The Kier molecular flexibility index (Phi) is 9.64. The van der Waals surface area contributed by atoms with Crippen LogP contribution in [-0.2, 0) is 16.1 Å². The number of hydrogen-bond acceptors (Lipinski definition) is 8. The van der Waals surface area contributed by atoms with E-state index in [2.05, 4.69) is 33.0 Å². The normalized spacial score (nSPS) is 17.9. The summed E-state index contributed by atoms with van der Waals surface area (Å²) < 4.78 is 11.0. The van der Waals surface area contributed by atoms with Crippen LogP contribution in [0, 0.1) is 11.3 Å². The molecule has 2 aliphatic heterocycles. The summed E-state index contributed by atoms with van der Waals surface area (Å²) in [4.78, 5) is 37.9. The van der Waals surface area contributed by atoms with E-state index in [9.17, 15) is 9.59 Å². The molecule has 2 amide bonds. The molecule has 0 spiro atoms. The summed E-state index contributed by atoms with van der Waals surface area (Å²) in [5, 5.41) is 12.0. The van der Waals surface area contributed by atoms with Gasteiger partial charge in [-0.15, -0.1) is 0 Å². The Morgan fingerprint density at radius 3 is 2.51 bits per heavy atom. The quantitative estimate of drug-likeness (QED) is 0.300. The van der Waals surface area contributed by atoms with Crippen LogP contribution in [0.25, 0.3) is 0 Å². The van der Waals surface area contributed by atoms with Gasteiger partial charge in [-0.1, -0.05) is 6.08 Å². The number of benzene rings is 1. The van der Waals surface area contributed by atoms with Crippen molar-refractivity contribution in [3.63, 3.8) is 0 Å². The van der Waals surface area contributed by atoms with Gasteiger partial charge < -0.3 is 19.4 Å². The summed E-state index contributed by atoms with van der Waals surface area (Å²) in [6.45, 7) is 8.83. The van der Waals surface area contributed by atoms with E-state index >= 15 is 0 Å². The summed E-state index contributed by atoms with van der Waals surface area (Å²) >= 11 is 0. The lowest BCUT2D eigenvalue weighted by atomic mass is 10.0. The van der Waals surface area contributed by atoms with E-state index in [0.29, 0.717) is 42.8 Å². The molecule has 4 rings (SSSR count). The molecule has 0 atom stereocenters. The molecule has 1 aromatic heterocycles. The highest BCUT2D eigenvalue weighted by molar-refractivity contribution is 5.96. The monoisotopic (exact) mass is 530 g/mol. The maximum atomic E-state index is 13.0. The fourth-order valence-electron chi connectivity index (χ4n) is 4.69. The minimum Gasteiger partial charge on any atom is -0.490 e. The molecular formula is C29H34N6O4. The van der Waals surface area contributed by atoms with Crippen LogP contribution in [0.3, 0.4) is 0 Å². The summed E-state index contributed by atoms with van der Waals surface area (Å²) in [5.74, 6) is 0.340. The van der Waals surface area contributed by atoms with E-state index in [1.807, 2.05) is 0 Å². The summed E-state index contributed by atoms with van der Waals surface area (Å²) in [5.41, 5.74) is 2.20. The lowest BCUT2D eigenvalue weighted by Crippen LogP contribution is -2.44. The molecule has 0 unspecified atom stereocenters. The molecule has 3 heterocycles. The van der Waals surface area contributed by atoms with Crippen molar-refractivity contribution in [2.75, 3.05) is 26.2 Å². The molecule has 204 valence electrons. The Bertz CT molecular complexity index is 1230. The maximum absolute atomic E-state index is 13.0. The second-order valence-electron chi connectivity index (χ2n) is 9.81. The van der Waals surface area contributed by atoms with Crippen LogP contribution >= 0.6 is 0 Å². The molecule has 1 aromatic carbocycles. The molecule has 10 heteroatoms. The molecule has 2 fully saturated rings. The number of aromatic nitrogens is 1. The highest BCUT2D eigenvalue weighted by atomic mass is 16.5. The highest BCUT2D eigenvalue weighted by Gasteiger charge is 2.26. The SMILES string of the molecule is C=N/C(=C\C=C(/C)C(=O)NC1CCN(Cc2cocn2)CC1)C(=O)N1CCC(Oc2ccc(C#N)cc2)CC1. The Hall–Kier alpha value is -4.23. The number of ether oxygens (including phenoxy) is 1. The van der Waals surface area contributed by atoms with Gasteiger partial charge in [0, 0.05) is 57.2 Å². The largest absolute Gasteiger partial charge is 0.490 e. The van der Waals surface area contributed by atoms with Crippen LogP contribution in [0.1, 0.15) is 43.9 Å². The minimum absolute atomic E-state index is 0.00822. The number of allylic oxidation sites excluding steroid dienone is 2. The molecule has 0 aliphatic carbocycles. The van der Waals surface area contributed by atoms with Gasteiger partial charge in [-0.2, -0.15) is 5.26 Å². The van der Waals surface area contributed by atoms with Crippen LogP contribution in [0.4, 0.5) is 0 Å². The molecule has 10 nitrogen and oxygen atoms in total. The minimum atomic E-state index is -0.217.